The maximum absolute atomic E-state index is 12.8. The van der Waals surface area contributed by atoms with Crippen LogP contribution in [0.3, 0.4) is 0 Å². The molecule has 0 aliphatic carbocycles. The molecule has 0 bridgehead atoms. The molecule has 122 valence electrons. The van der Waals surface area contributed by atoms with Gasteiger partial charge in [0.1, 0.15) is 0 Å². The van der Waals surface area contributed by atoms with Crippen molar-refractivity contribution in [3.8, 4) is 0 Å². The summed E-state index contributed by atoms with van der Waals surface area (Å²) >= 11 is 0. The van der Waals surface area contributed by atoms with E-state index >= 15 is 0 Å². The van der Waals surface area contributed by atoms with Gasteiger partial charge in [0.15, 0.2) is 5.78 Å². The van der Waals surface area contributed by atoms with Crippen LogP contribution in [-0.2, 0) is 12.8 Å². The summed E-state index contributed by atoms with van der Waals surface area (Å²) in [7, 11) is 0. The molecular weight excluding hydrogens is 302 g/mol. The number of carbonyl (C=O) groups excluding carboxylic acids is 1. The number of benzene rings is 2. The third kappa shape index (κ3) is 2.48. The largest absolute Gasteiger partial charge is 0.478 e. The summed E-state index contributed by atoms with van der Waals surface area (Å²) < 4.78 is 0. The van der Waals surface area contributed by atoms with Crippen molar-refractivity contribution in [2.45, 2.75) is 25.7 Å². The Hall–Kier alpha value is -2.62. The lowest BCUT2D eigenvalue weighted by molar-refractivity contribution is 0.0696. The highest BCUT2D eigenvalue weighted by molar-refractivity contribution is 6.10. The summed E-state index contributed by atoms with van der Waals surface area (Å²) in [5, 5.41) is 8.97. The van der Waals surface area contributed by atoms with Crippen molar-refractivity contribution < 1.29 is 14.7 Å². The molecule has 0 saturated heterocycles. The molecule has 0 aromatic heterocycles. The summed E-state index contributed by atoms with van der Waals surface area (Å²) in [4.78, 5) is 26.2. The minimum atomic E-state index is -0.979. The van der Waals surface area contributed by atoms with Crippen molar-refractivity contribution in [2.24, 2.45) is 0 Å². The van der Waals surface area contributed by atoms with E-state index in [1.165, 1.54) is 28.9 Å². The lowest BCUT2D eigenvalue weighted by atomic mass is 9.88. The standard InChI is InChI=1S/C20H19NO3/c22-19(13-5-7-14(8-6-13)20(23)24)17-11-15-3-1-9-21-10-2-4-16(12-17)18(15)21/h5-8,11-12H,1-4,9-10H2,(H,23,24). The molecule has 0 radical (unpaired) electrons. The Bertz CT molecular complexity index is 792. The van der Waals surface area contributed by atoms with Gasteiger partial charge in [0.05, 0.1) is 5.56 Å². The molecule has 2 aliphatic heterocycles. The number of carboxylic acid groups (broad SMARTS) is 1. The van der Waals surface area contributed by atoms with Crippen molar-refractivity contribution in [1.82, 2.24) is 0 Å². The van der Waals surface area contributed by atoms with Crippen molar-refractivity contribution in [3.63, 3.8) is 0 Å². The van der Waals surface area contributed by atoms with Gasteiger partial charge in [0.25, 0.3) is 0 Å². The first kappa shape index (κ1) is 14.9. The van der Waals surface area contributed by atoms with Crippen LogP contribution in [0.15, 0.2) is 36.4 Å². The van der Waals surface area contributed by atoms with Crippen LogP contribution in [0.5, 0.6) is 0 Å². The molecule has 2 aromatic rings. The maximum Gasteiger partial charge on any atom is 0.335 e. The van der Waals surface area contributed by atoms with Crippen molar-refractivity contribution in [3.05, 3.63) is 64.2 Å². The number of rotatable bonds is 3. The van der Waals surface area contributed by atoms with Gasteiger partial charge < -0.3 is 10.0 Å². The average molecular weight is 321 g/mol. The summed E-state index contributed by atoms with van der Waals surface area (Å²) in [5.41, 5.74) is 5.37. The van der Waals surface area contributed by atoms with Gasteiger partial charge in [-0.15, -0.1) is 0 Å². The second kappa shape index (κ2) is 5.78. The summed E-state index contributed by atoms with van der Waals surface area (Å²) in [5.74, 6) is -1.01. The maximum atomic E-state index is 12.8. The predicted molar refractivity (Wildman–Crippen MR) is 92.1 cm³/mol. The SMILES string of the molecule is O=C(O)c1ccc(C(=O)c2cc3c4c(c2)CCCN4CCC3)cc1. The molecule has 2 heterocycles. The first-order chi connectivity index (χ1) is 11.6. The van der Waals surface area contributed by atoms with Crippen LogP contribution in [0.2, 0.25) is 0 Å². The van der Waals surface area contributed by atoms with Crippen LogP contribution in [0.4, 0.5) is 5.69 Å². The first-order valence-corrected chi connectivity index (χ1v) is 8.42. The monoisotopic (exact) mass is 321 g/mol. The van der Waals surface area contributed by atoms with Gasteiger partial charge in [-0.1, -0.05) is 12.1 Å². The van der Waals surface area contributed by atoms with E-state index in [2.05, 4.69) is 4.90 Å². The first-order valence-electron chi connectivity index (χ1n) is 8.42. The molecule has 0 unspecified atom stereocenters. The minimum absolute atomic E-state index is 0.0336. The lowest BCUT2D eigenvalue weighted by Crippen LogP contribution is -2.34. The third-order valence-corrected chi connectivity index (χ3v) is 4.99. The number of anilines is 1. The molecule has 24 heavy (non-hydrogen) atoms. The van der Waals surface area contributed by atoms with Gasteiger partial charge in [-0.2, -0.15) is 0 Å². The molecule has 0 atom stereocenters. The predicted octanol–water partition coefficient (Wildman–Crippen LogP) is 3.31. The number of carboxylic acids is 1. The molecule has 0 amide bonds. The highest BCUT2D eigenvalue weighted by Gasteiger charge is 2.25. The normalized spacial score (nSPS) is 15.8. The van der Waals surface area contributed by atoms with E-state index in [0.29, 0.717) is 5.56 Å². The summed E-state index contributed by atoms with van der Waals surface area (Å²) in [6, 6.07) is 10.2. The molecule has 4 nitrogen and oxygen atoms in total. The van der Waals surface area contributed by atoms with E-state index in [-0.39, 0.29) is 11.3 Å². The Balaban J connectivity index is 1.71. The van der Waals surface area contributed by atoms with Crippen LogP contribution in [-0.4, -0.2) is 29.9 Å². The lowest BCUT2D eigenvalue weighted by Gasteiger charge is -2.37. The minimum Gasteiger partial charge on any atom is -0.478 e. The fourth-order valence-corrected chi connectivity index (χ4v) is 3.87. The zero-order chi connectivity index (χ0) is 16.7. The van der Waals surface area contributed by atoms with Gasteiger partial charge >= 0.3 is 5.97 Å². The Morgan fingerprint density at radius 3 is 1.92 bits per heavy atom. The van der Waals surface area contributed by atoms with E-state index in [4.69, 9.17) is 5.11 Å². The molecule has 2 aromatic carbocycles. The summed E-state index contributed by atoms with van der Waals surface area (Å²) in [6.07, 6.45) is 4.32. The van der Waals surface area contributed by atoms with Crippen LogP contribution < -0.4 is 4.90 Å². The Labute approximate surface area is 140 Å². The van der Waals surface area contributed by atoms with Gasteiger partial charge in [-0.3, -0.25) is 4.79 Å². The Morgan fingerprint density at radius 2 is 1.38 bits per heavy atom. The van der Waals surface area contributed by atoms with Crippen molar-refractivity contribution in [2.75, 3.05) is 18.0 Å². The average Bonchev–Trinajstić information content (AvgIpc) is 2.61. The van der Waals surface area contributed by atoms with Crippen LogP contribution in [0.25, 0.3) is 0 Å². The molecule has 2 aliphatic rings. The van der Waals surface area contributed by atoms with E-state index in [0.717, 1.165) is 44.3 Å². The molecule has 1 N–H and O–H groups in total. The number of carbonyl (C=O) groups is 2. The molecule has 0 fully saturated rings. The topological polar surface area (TPSA) is 57.6 Å². The van der Waals surface area contributed by atoms with Gasteiger partial charge in [0, 0.05) is 29.9 Å². The molecule has 0 spiro atoms. The fourth-order valence-electron chi connectivity index (χ4n) is 3.87. The summed E-state index contributed by atoms with van der Waals surface area (Å²) in [6.45, 7) is 2.23. The fraction of sp³-hybridized carbons (Fsp3) is 0.300. The number of hydrogen-bond acceptors (Lipinski definition) is 3. The molecule has 4 heteroatoms. The second-order valence-corrected chi connectivity index (χ2v) is 6.55. The number of aryl methyl sites for hydroxylation is 2. The number of nitrogens with zero attached hydrogens (tertiary/aromatic N) is 1. The van der Waals surface area contributed by atoms with Crippen LogP contribution >= 0.6 is 0 Å². The number of hydrogen-bond donors (Lipinski definition) is 1. The van der Waals surface area contributed by atoms with E-state index < -0.39 is 5.97 Å². The molecule has 0 saturated carbocycles. The Kier molecular flexibility index (Phi) is 3.60. The van der Waals surface area contributed by atoms with Crippen molar-refractivity contribution in [1.29, 1.82) is 0 Å². The zero-order valence-electron chi connectivity index (χ0n) is 13.4. The smallest absolute Gasteiger partial charge is 0.335 e. The van der Waals surface area contributed by atoms with Gasteiger partial charge in [-0.05, 0) is 61.1 Å². The molecular formula is C20H19NO3. The zero-order valence-corrected chi connectivity index (χ0v) is 13.4. The van der Waals surface area contributed by atoms with E-state index in [1.807, 2.05) is 12.1 Å². The van der Waals surface area contributed by atoms with Gasteiger partial charge in [0.2, 0.25) is 0 Å². The van der Waals surface area contributed by atoms with E-state index in [9.17, 15) is 9.59 Å². The quantitative estimate of drug-likeness (QED) is 0.881. The second-order valence-electron chi connectivity index (χ2n) is 6.55. The number of aromatic carboxylic acids is 1. The number of ketones is 1. The highest BCUT2D eigenvalue weighted by atomic mass is 16.4. The van der Waals surface area contributed by atoms with Gasteiger partial charge in [-0.25, -0.2) is 4.79 Å². The molecule has 4 rings (SSSR count). The highest BCUT2D eigenvalue weighted by Crippen LogP contribution is 2.36. The Morgan fingerprint density at radius 1 is 0.833 bits per heavy atom. The third-order valence-electron chi connectivity index (χ3n) is 4.99. The van der Waals surface area contributed by atoms with E-state index in [1.54, 1.807) is 12.1 Å². The van der Waals surface area contributed by atoms with Crippen LogP contribution in [0.1, 0.15) is 50.2 Å². The van der Waals surface area contributed by atoms with Crippen molar-refractivity contribution >= 4 is 17.4 Å². The van der Waals surface area contributed by atoms with Crippen LogP contribution in [0, 0.1) is 0 Å².